The van der Waals surface area contributed by atoms with E-state index in [1.807, 2.05) is 31.2 Å². The van der Waals surface area contributed by atoms with Crippen LogP contribution in [0.1, 0.15) is 25.3 Å². The minimum Gasteiger partial charge on any atom is -0.481 e. The molecule has 1 aromatic carbocycles. The molecule has 1 saturated heterocycles. The van der Waals surface area contributed by atoms with Crippen LogP contribution in [0.5, 0.6) is 11.5 Å². The van der Waals surface area contributed by atoms with Gasteiger partial charge in [-0.15, -0.1) is 0 Å². The molecule has 0 spiro atoms. The SMILES string of the molecule is CC(/C=C1\SC(=S)N(CCCC(=O)O)C1=O)Cc1ccc2c(c1)OCO2. The first kappa shape index (κ1) is 18.7. The zero-order chi connectivity index (χ0) is 18.7. The molecule has 26 heavy (non-hydrogen) atoms. The summed E-state index contributed by atoms with van der Waals surface area (Å²) in [5, 5.41) is 8.72. The van der Waals surface area contributed by atoms with Gasteiger partial charge in [-0.3, -0.25) is 14.5 Å². The summed E-state index contributed by atoms with van der Waals surface area (Å²) >= 11 is 6.54. The monoisotopic (exact) mass is 393 g/mol. The predicted molar refractivity (Wildman–Crippen MR) is 102 cm³/mol. The van der Waals surface area contributed by atoms with E-state index in [0.29, 0.717) is 22.2 Å². The lowest BCUT2D eigenvalue weighted by molar-refractivity contribution is -0.137. The molecule has 138 valence electrons. The lowest BCUT2D eigenvalue weighted by Crippen LogP contribution is -2.29. The van der Waals surface area contributed by atoms with Gasteiger partial charge in [0.05, 0.1) is 4.91 Å². The smallest absolute Gasteiger partial charge is 0.303 e. The first-order valence-corrected chi connectivity index (χ1v) is 9.52. The van der Waals surface area contributed by atoms with Gasteiger partial charge in [-0.2, -0.15) is 0 Å². The van der Waals surface area contributed by atoms with Crippen LogP contribution in [0.4, 0.5) is 0 Å². The third-order valence-electron chi connectivity index (χ3n) is 4.08. The second-order valence-corrected chi connectivity index (χ2v) is 7.90. The molecule has 1 N–H and O–H groups in total. The van der Waals surface area contributed by atoms with Crippen LogP contribution in [-0.2, 0) is 16.0 Å². The second kappa shape index (κ2) is 8.09. The van der Waals surface area contributed by atoms with Crippen molar-refractivity contribution >= 4 is 40.2 Å². The maximum Gasteiger partial charge on any atom is 0.303 e. The van der Waals surface area contributed by atoms with Gasteiger partial charge >= 0.3 is 5.97 Å². The van der Waals surface area contributed by atoms with Crippen molar-refractivity contribution in [2.45, 2.75) is 26.2 Å². The number of nitrogens with zero attached hydrogens (tertiary/aromatic N) is 1. The molecular weight excluding hydrogens is 374 g/mol. The summed E-state index contributed by atoms with van der Waals surface area (Å²) in [5.41, 5.74) is 1.11. The average Bonchev–Trinajstić information content (AvgIpc) is 3.13. The Hall–Kier alpha value is -2.06. The van der Waals surface area contributed by atoms with Gasteiger partial charge in [-0.1, -0.05) is 43.0 Å². The van der Waals surface area contributed by atoms with Crippen molar-refractivity contribution in [3.05, 3.63) is 34.7 Å². The van der Waals surface area contributed by atoms with E-state index in [9.17, 15) is 9.59 Å². The number of hydrogen-bond acceptors (Lipinski definition) is 6. The number of thiocarbonyl (C=S) groups is 1. The standard InChI is InChI=1S/C18H19NO5S2/c1-11(7-12-4-5-13-14(9-12)24-10-23-13)8-15-17(22)19(18(25)26-15)6-2-3-16(20)21/h4-5,8-9,11H,2-3,6-7,10H2,1H3,(H,20,21)/b15-8-. The van der Waals surface area contributed by atoms with Crippen molar-refractivity contribution in [2.24, 2.45) is 5.92 Å². The molecule has 1 atom stereocenters. The summed E-state index contributed by atoms with van der Waals surface area (Å²) in [5.74, 6) is 0.637. The minimum atomic E-state index is -0.872. The number of rotatable bonds is 7. The molecule has 0 saturated carbocycles. The third-order valence-corrected chi connectivity index (χ3v) is 5.47. The Morgan fingerprint density at radius 1 is 1.42 bits per heavy atom. The number of allylic oxidation sites excluding steroid dienone is 1. The van der Waals surface area contributed by atoms with Crippen molar-refractivity contribution in [1.82, 2.24) is 4.90 Å². The van der Waals surface area contributed by atoms with Crippen molar-refractivity contribution < 1.29 is 24.2 Å². The maximum absolute atomic E-state index is 12.5. The van der Waals surface area contributed by atoms with Gasteiger partial charge in [0.2, 0.25) is 6.79 Å². The van der Waals surface area contributed by atoms with Gasteiger partial charge in [0, 0.05) is 13.0 Å². The van der Waals surface area contributed by atoms with Gasteiger partial charge in [0.15, 0.2) is 11.5 Å². The molecular formula is C18H19NO5S2. The van der Waals surface area contributed by atoms with Crippen LogP contribution in [0.15, 0.2) is 29.2 Å². The van der Waals surface area contributed by atoms with Crippen LogP contribution >= 0.6 is 24.0 Å². The molecule has 1 aromatic rings. The van der Waals surface area contributed by atoms with E-state index >= 15 is 0 Å². The highest BCUT2D eigenvalue weighted by atomic mass is 32.2. The molecule has 1 amide bonds. The molecule has 0 bridgehead atoms. The van der Waals surface area contributed by atoms with Gasteiger partial charge < -0.3 is 14.6 Å². The zero-order valence-corrected chi connectivity index (χ0v) is 15.9. The molecule has 1 unspecified atom stereocenters. The largest absolute Gasteiger partial charge is 0.481 e. The van der Waals surface area contributed by atoms with Gasteiger partial charge in [0.1, 0.15) is 4.32 Å². The lowest BCUT2D eigenvalue weighted by atomic mass is 10.00. The molecule has 2 aliphatic heterocycles. The molecule has 6 nitrogen and oxygen atoms in total. The molecule has 1 fully saturated rings. The fourth-order valence-electron chi connectivity index (χ4n) is 2.85. The maximum atomic E-state index is 12.5. The number of carboxylic acids is 1. The minimum absolute atomic E-state index is 0.0244. The zero-order valence-electron chi connectivity index (χ0n) is 14.3. The van der Waals surface area contributed by atoms with E-state index in [1.54, 1.807) is 0 Å². The number of carbonyl (C=O) groups excluding carboxylic acids is 1. The van der Waals surface area contributed by atoms with E-state index < -0.39 is 5.97 Å². The van der Waals surface area contributed by atoms with Crippen LogP contribution in [0.2, 0.25) is 0 Å². The molecule has 0 aliphatic carbocycles. The number of carbonyl (C=O) groups is 2. The summed E-state index contributed by atoms with van der Waals surface area (Å²) in [6, 6.07) is 5.85. The van der Waals surface area contributed by atoms with Crippen molar-refractivity contribution in [2.75, 3.05) is 13.3 Å². The molecule has 0 aromatic heterocycles. The number of carboxylic acid groups (broad SMARTS) is 1. The Bertz CT molecular complexity index is 777. The summed E-state index contributed by atoms with van der Waals surface area (Å²) in [7, 11) is 0. The van der Waals surface area contributed by atoms with Crippen LogP contribution in [-0.4, -0.2) is 39.5 Å². The van der Waals surface area contributed by atoms with Gasteiger partial charge in [-0.05, 0) is 36.5 Å². The van der Waals surface area contributed by atoms with Crippen molar-refractivity contribution in [1.29, 1.82) is 0 Å². The highest BCUT2D eigenvalue weighted by Gasteiger charge is 2.31. The van der Waals surface area contributed by atoms with E-state index in [0.717, 1.165) is 23.5 Å². The van der Waals surface area contributed by atoms with Crippen molar-refractivity contribution in [3.63, 3.8) is 0 Å². The highest BCUT2D eigenvalue weighted by Crippen LogP contribution is 2.35. The normalized spacial score (nSPS) is 18.7. The third kappa shape index (κ3) is 4.37. The number of fused-ring (bicyclic) bond motifs is 1. The Balaban J connectivity index is 1.61. The summed E-state index contributed by atoms with van der Waals surface area (Å²) < 4.78 is 11.2. The fourth-order valence-corrected chi connectivity index (χ4v) is 4.27. The quantitative estimate of drug-likeness (QED) is 0.563. The first-order chi connectivity index (χ1) is 12.4. The molecule has 0 radical (unpaired) electrons. The van der Waals surface area contributed by atoms with E-state index in [1.165, 1.54) is 16.7 Å². The summed E-state index contributed by atoms with van der Waals surface area (Å²) in [6.07, 6.45) is 3.11. The second-order valence-electron chi connectivity index (χ2n) is 6.22. The van der Waals surface area contributed by atoms with E-state index in [2.05, 4.69) is 0 Å². The molecule has 2 aliphatic rings. The lowest BCUT2D eigenvalue weighted by Gasteiger charge is -2.13. The first-order valence-electron chi connectivity index (χ1n) is 8.30. The number of amides is 1. The van der Waals surface area contributed by atoms with Gasteiger partial charge in [0.25, 0.3) is 5.91 Å². The van der Waals surface area contributed by atoms with Crippen LogP contribution in [0.3, 0.4) is 0 Å². The molecule has 2 heterocycles. The summed E-state index contributed by atoms with van der Waals surface area (Å²) in [4.78, 5) is 25.2. The van der Waals surface area contributed by atoms with Crippen molar-refractivity contribution in [3.8, 4) is 11.5 Å². The number of hydrogen-bond donors (Lipinski definition) is 1. The number of benzene rings is 1. The topological polar surface area (TPSA) is 76.1 Å². The van der Waals surface area contributed by atoms with E-state index in [4.69, 9.17) is 26.8 Å². The van der Waals surface area contributed by atoms with Crippen LogP contribution in [0, 0.1) is 5.92 Å². The summed E-state index contributed by atoms with van der Waals surface area (Å²) in [6.45, 7) is 2.63. The Morgan fingerprint density at radius 3 is 2.96 bits per heavy atom. The number of ether oxygens (including phenoxy) is 2. The van der Waals surface area contributed by atoms with Crippen LogP contribution in [0.25, 0.3) is 0 Å². The number of thioether (sulfide) groups is 1. The fraction of sp³-hybridized carbons (Fsp3) is 0.389. The number of aliphatic carboxylic acids is 1. The Morgan fingerprint density at radius 2 is 2.19 bits per heavy atom. The van der Waals surface area contributed by atoms with Gasteiger partial charge in [-0.25, -0.2) is 0 Å². The molecule has 8 heteroatoms. The van der Waals surface area contributed by atoms with E-state index in [-0.39, 0.29) is 25.0 Å². The predicted octanol–water partition coefficient (Wildman–Crippen LogP) is 3.20. The molecule has 3 rings (SSSR count). The average molecular weight is 393 g/mol. The highest BCUT2D eigenvalue weighted by molar-refractivity contribution is 8.26. The Labute approximate surface area is 161 Å². The Kier molecular flexibility index (Phi) is 5.83. The van der Waals surface area contributed by atoms with Crippen LogP contribution < -0.4 is 9.47 Å².